The highest BCUT2D eigenvalue weighted by atomic mass is 16.4. The Morgan fingerprint density at radius 2 is 2.12 bits per heavy atom. The van der Waals surface area contributed by atoms with E-state index in [1.54, 1.807) is 6.07 Å². The van der Waals surface area contributed by atoms with Crippen LogP contribution in [0.2, 0.25) is 0 Å². The Morgan fingerprint density at radius 3 is 2.71 bits per heavy atom. The molecular weight excluding hydrogens is 224 g/mol. The van der Waals surface area contributed by atoms with Crippen molar-refractivity contribution < 1.29 is 24.2 Å². The Bertz CT molecular complexity index is 442. The Hall–Kier alpha value is -2.04. The second kappa shape index (κ2) is 5.89. The van der Waals surface area contributed by atoms with Crippen LogP contribution in [0.15, 0.2) is 28.6 Å². The molecule has 0 aromatic carbocycles. The van der Waals surface area contributed by atoms with E-state index in [9.17, 15) is 9.59 Å². The minimum atomic E-state index is -1.54. The van der Waals surface area contributed by atoms with Crippen LogP contribution in [0.25, 0.3) is 0 Å². The fraction of sp³-hybridized carbons (Fsp3) is 0.333. The van der Waals surface area contributed by atoms with Crippen LogP contribution in [-0.2, 0) is 11.2 Å². The summed E-state index contributed by atoms with van der Waals surface area (Å²) in [6.45, 7) is 2.03. The van der Waals surface area contributed by atoms with Gasteiger partial charge in [-0.3, -0.25) is 4.79 Å². The summed E-state index contributed by atoms with van der Waals surface area (Å²) < 4.78 is 5.01. The zero-order chi connectivity index (χ0) is 12.8. The molecule has 1 aromatic heterocycles. The van der Waals surface area contributed by atoms with Gasteiger partial charge in [0.05, 0.1) is 6.26 Å². The first kappa shape index (κ1) is 13.0. The third-order valence-electron chi connectivity index (χ3n) is 2.26. The van der Waals surface area contributed by atoms with E-state index in [-0.39, 0.29) is 5.76 Å². The topological polar surface area (TPSA) is 87.7 Å². The van der Waals surface area contributed by atoms with Crippen molar-refractivity contribution in [2.24, 2.45) is 0 Å². The van der Waals surface area contributed by atoms with E-state index in [2.05, 4.69) is 0 Å². The monoisotopic (exact) mass is 238 g/mol. The molecule has 1 heterocycles. The summed E-state index contributed by atoms with van der Waals surface area (Å²) in [7, 11) is 0. The maximum Gasteiger partial charge on any atom is 0.371 e. The number of furan rings is 1. The molecule has 0 spiro atoms. The fourth-order valence-electron chi connectivity index (χ4n) is 1.37. The van der Waals surface area contributed by atoms with E-state index in [4.69, 9.17) is 14.6 Å². The number of unbranched alkanes of at least 4 members (excludes halogenated alkanes) is 1. The lowest BCUT2D eigenvalue weighted by atomic mass is 10.1. The van der Waals surface area contributed by atoms with E-state index in [1.807, 2.05) is 6.92 Å². The molecule has 0 saturated heterocycles. The number of ketones is 1. The van der Waals surface area contributed by atoms with Gasteiger partial charge in [0.15, 0.2) is 5.76 Å². The molecule has 0 radical (unpaired) electrons. The lowest BCUT2D eigenvalue weighted by molar-refractivity contribution is -0.135. The normalized spacial score (nSPS) is 11.5. The molecule has 5 nitrogen and oxygen atoms in total. The van der Waals surface area contributed by atoms with Crippen LogP contribution in [0.1, 0.15) is 35.9 Å². The highest BCUT2D eigenvalue weighted by molar-refractivity contribution is 6.06. The third-order valence-corrected chi connectivity index (χ3v) is 2.26. The van der Waals surface area contributed by atoms with Crippen molar-refractivity contribution in [2.75, 3.05) is 0 Å². The van der Waals surface area contributed by atoms with Crippen molar-refractivity contribution in [3.05, 3.63) is 35.5 Å². The van der Waals surface area contributed by atoms with E-state index in [1.165, 1.54) is 6.26 Å². The summed E-state index contributed by atoms with van der Waals surface area (Å²) in [6.07, 6.45) is 4.61. The SMILES string of the molecule is CCCCc1ccoc1C(=O)C=C(O)C(=O)O. The molecule has 0 bridgehead atoms. The molecule has 0 fully saturated rings. The Balaban J connectivity index is 2.86. The summed E-state index contributed by atoms with van der Waals surface area (Å²) in [5, 5.41) is 17.4. The van der Waals surface area contributed by atoms with Gasteiger partial charge in [-0.15, -0.1) is 0 Å². The Kier molecular flexibility index (Phi) is 4.51. The second-order valence-electron chi connectivity index (χ2n) is 3.58. The minimum Gasteiger partial charge on any atom is -0.502 e. The fourth-order valence-corrected chi connectivity index (χ4v) is 1.37. The molecule has 0 amide bonds. The van der Waals surface area contributed by atoms with Crippen LogP contribution in [0, 0.1) is 0 Å². The summed E-state index contributed by atoms with van der Waals surface area (Å²) >= 11 is 0. The average Bonchev–Trinajstić information content (AvgIpc) is 2.74. The van der Waals surface area contributed by atoms with Crippen LogP contribution < -0.4 is 0 Å². The van der Waals surface area contributed by atoms with Crippen LogP contribution in [0.4, 0.5) is 0 Å². The van der Waals surface area contributed by atoms with Crippen molar-refractivity contribution >= 4 is 11.8 Å². The molecule has 0 aliphatic carbocycles. The lowest BCUT2D eigenvalue weighted by Gasteiger charge is -1.98. The number of hydrogen-bond donors (Lipinski definition) is 2. The molecular formula is C12H14O5. The van der Waals surface area contributed by atoms with Crippen LogP contribution in [0.5, 0.6) is 0 Å². The number of hydrogen-bond acceptors (Lipinski definition) is 4. The van der Waals surface area contributed by atoms with Gasteiger partial charge in [-0.1, -0.05) is 13.3 Å². The molecule has 1 rings (SSSR count). The zero-order valence-electron chi connectivity index (χ0n) is 9.47. The van der Waals surface area contributed by atoms with Crippen molar-refractivity contribution in [2.45, 2.75) is 26.2 Å². The molecule has 2 N–H and O–H groups in total. The number of rotatable bonds is 6. The number of carbonyl (C=O) groups excluding carboxylic acids is 1. The first-order valence-electron chi connectivity index (χ1n) is 5.31. The van der Waals surface area contributed by atoms with Gasteiger partial charge >= 0.3 is 5.97 Å². The van der Waals surface area contributed by atoms with Gasteiger partial charge in [-0.2, -0.15) is 0 Å². The predicted molar refractivity (Wildman–Crippen MR) is 60.0 cm³/mol. The molecule has 92 valence electrons. The van der Waals surface area contributed by atoms with Crippen LogP contribution in [-0.4, -0.2) is 22.0 Å². The number of aliphatic hydroxyl groups excluding tert-OH is 1. The number of carbonyl (C=O) groups is 2. The van der Waals surface area contributed by atoms with Crippen LogP contribution in [0.3, 0.4) is 0 Å². The highest BCUT2D eigenvalue weighted by Gasteiger charge is 2.15. The third kappa shape index (κ3) is 3.48. The largest absolute Gasteiger partial charge is 0.502 e. The number of carboxylic acids is 1. The molecule has 5 heteroatoms. The van der Waals surface area contributed by atoms with Gasteiger partial charge in [-0.05, 0) is 18.9 Å². The second-order valence-corrected chi connectivity index (χ2v) is 3.58. The predicted octanol–water partition coefficient (Wildman–Crippen LogP) is 2.33. The lowest BCUT2D eigenvalue weighted by Crippen LogP contribution is -2.04. The maximum atomic E-state index is 11.6. The molecule has 17 heavy (non-hydrogen) atoms. The van der Waals surface area contributed by atoms with E-state index in [0.717, 1.165) is 18.4 Å². The Labute approximate surface area is 98.4 Å². The minimum absolute atomic E-state index is 0.0891. The molecule has 0 saturated carbocycles. The maximum absolute atomic E-state index is 11.6. The zero-order valence-corrected chi connectivity index (χ0v) is 9.47. The Morgan fingerprint density at radius 1 is 1.41 bits per heavy atom. The van der Waals surface area contributed by atoms with Gasteiger partial charge < -0.3 is 14.6 Å². The molecule has 1 aromatic rings. The molecule has 0 aliphatic heterocycles. The van der Waals surface area contributed by atoms with Crippen LogP contribution >= 0.6 is 0 Å². The summed E-state index contributed by atoms with van der Waals surface area (Å²) in [5.41, 5.74) is 0.728. The van der Waals surface area contributed by atoms with Crippen molar-refractivity contribution in [1.82, 2.24) is 0 Å². The molecule has 0 unspecified atom stereocenters. The van der Waals surface area contributed by atoms with Crippen molar-refractivity contribution in [3.63, 3.8) is 0 Å². The van der Waals surface area contributed by atoms with E-state index in [0.29, 0.717) is 12.5 Å². The average molecular weight is 238 g/mol. The number of aliphatic hydroxyl groups is 1. The first-order chi connectivity index (χ1) is 8.06. The van der Waals surface area contributed by atoms with Crippen molar-refractivity contribution in [3.8, 4) is 0 Å². The first-order valence-corrected chi connectivity index (χ1v) is 5.31. The van der Waals surface area contributed by atoms with Crippen molar-refractivity contribution in [1.29, 1.82) is 0 Å². The number of allylic oxidation sites excluding steroid dienone is 1. The van der Waals surface area contributed by atoms with E-state index < -0.39 is 17.5 Å². The van der Waals surface area contributed by atoms with Gasteiger partial charge in [0, 0.05) is 11.6 Å². The molecule has 0 atom stereocenters. The smallest absolute Gasteiger partial charge is 0.371 e. The molecule has 0 aliphatic rings. The van der Waals surface area contributed by atoms with Gasteiger partial charge in [0.1, 0.15) is 0 Å². The van der Waals surface area contributed by atoms with Gasteiger partial charge in [0.2, 0.25) is 11.5 Å². The number of aliphatic carboxylic acids is 1. The number of carboxylic acid groups (broad SMARTS) is 1. The van der Waals surface area contributed by atoms with Gasteiger partial charge in [-0.25, -0.2) is 4.79 Å². The standard InChI is InChI=1S/C12H14O5/c1-2-3-4-8-5-6-17-11(8)9(13)7-10(14)12(15)16/h5-7,14H,2-4H2,1H3,(H,15,16). The highest BCUT2D eigenvalue weighted by Crippen LogP contribution is 2.15. The summed E-state index contributed by atoms with van der Waals surface area (Å²) in [5.74, 6) is -3.08. The van der Waals surface area contributed by atoms with E-state index >= 15 is 0 Å². The summed E-state index contributed by atoms with van der Waals surface area (Å²) in [6, 6.07) is 1.68. The quantitative estimate of drug-likeness (QED) is 0.451. The van der Waals surface area contributed by atoms with Gasteiger partial charge in [0.25, 0.3) is 0 Å². The number of aryl methyl sites for hydroxylation is 1. The summed E-state index contributed by atoms with van der Waals surface area (Å²) in [4.78, 5) is 22.0.